The van der Waals surface area contributed by atoms with Crippen LogP contribution >= 0.6 is 11.6 Å². The second-order valence-corrected chi connectivity index (χ2v) is 6.62. The topological polar surface area (TPSA) is 20.3 Å². The van der Waals surface area contributed by atoms with E-state index in [1.807, 2.05) is 36.4 Å². The molecule has 0 N–H and O–H groups in total. The van der Waals surface area contributed by atoms with Crippen molar-refractivity contribution in [2.45, 2.75) is 44.2 Å². The summed E-state index contributed by atoms with van der Waals surface area (Å²) in [4.78, 5) is 14.7. The Morgan fingerprint density at radius 1 is 1.14 bits per heavy atom. The van der Waals surface area contributed by atoms with Gasteiger partial charge in [0, 0.05) is 11.1 Å². The molecule has 3 heteroatoms. The van der Waals surface area contributed by atoms with Gasteiger partial charge in [-0.15, -0.1) is 0 Å². The molecule has 1 amide bonds. The minimum atomic E-state index is -0.0684. The number of halogens is 1. The lowest BCUT2D eigenvalue weighted by Crippen LogP contribution is -2.58. The zero-order valence-electron chi connectivity index (χ0n) is 12.7. The standard InChI is InChI=1S/C19H22ClNO/c1-2-3-9-17-18(14-10-12-15(20)13-11-14)21(19(17)22)16-7-5-4-6-8-16/h2-3,9-13,16-18H,1,4-8H2/b9-3+/t17-,18+/m0/s1. The Morgan fingerprint density at radius 3 is 2.45 bits per heavy atom. The van der Waals surface area contributed by atoms with E-state index in [0.29, 0.717) is 6.04 Å². The summed E-state index contributed by atoms with van der Waals surface area (Å²) in [6, 6.07) is 8.45. The lowest BCUT2D eigenvalue weighted by atomic mass is 9.78. The molecule has 2 nitrogen and oxygen atoms in total. The minimum Gasteiger partial charge on any atom is -0.331 e. The summed E-state index contributed by atoms with van der Waals surface area (Å²) in [5.74, 6) is 0.186. The van der Waals surface area contributed by atoms with Gasteiger partial charge in [-0.25, -0.2) is 0 Å². The van der Waals surface area contributed by atoms with E-state index in [-0.39, 0.29) is 17.9 Å². The minimum absolute atomic E-state index is 0.0684. The van der Waals surface area contributed by atoms with Crippen LogP contribution in [-0.4, -0.2) is 16.8 Å². The Hall–Kier alpha value is -1.54. The quantitative estimate of drug-likeness (QED) is 0.571. The number of rotatable bonds is 4. The van der Waals surface area contributed by atoms with Crippen molar-refractivity contribution in [2.24, 2.45) is 5.92 Å². The molecule has 2 fully saturated rings. The van der Waals surface area contributed by atoms with Crippen molar-refractivity contribution < 1.29 is 4.79 Å². The van der Waals surface area contributed by atoms with Crippen molar-refractivity contribution in [1.29, 1.82) is 0 Å². The Morgan fingerprint density at radius 2 is 1.82 bits per heavy atom. The molecule has 116 valence electrons. The van der Waals surface area contributed by atoms with Crippen LogP contribution in [0.1, 0.15) is 43.7 Å². The van der Waals surface area contributed by atoms with Crippen LogP contribution in [0.3, 0.4) is 0 Å². The molecule has 1 aliphatic carbocycles. The van der Waals surface area contributed by atoms with Crippen molar-refractivity contribution in [2.75, 3.05) is 0 Å². The number of nitrogens with zero attached hydrogens (tertiary/aromatic N) is 1. The van der Waals surface area contributed by atoms with Crippen LogP contribution in [0.25, 0.3) is 0 Å². The average molecular weight is 316 g/mol. The van der Waals surface area contributed by atoms with Gasteiger partial charge in [0.15, 0.2) is 0 Å². The summed E-state index contributed by atoms with van der Waals surface area (Å²) in [5.41, 5.74) is 1.17. The van der Waals surface area contributed by atoms with Crippen LogP contribution in [0, 0.1) is 5.92 Å². The third-order valence-electron chi connectivity index (χ3n) is 4.81. The first-order chi connectivity index (χ1) is 10.7. The van der Waals surface area contributed by atoms with E-state index < -0.39 is 0 Å². The van der Waals surface area contributed by atoms with Gasteiger partial charge >= 0.3 is 0 Å². The van der Waals surface area contributed by atoms with E-state index in [2.05, 4.69) is 11.5 Å². The highest BCUT2D eigenvalue weighted by Gasteiger charge is 2.49. The van der Waals surface area contributed by atoms with Crippen molar-refractivity contribution in [3.63, 3.8) is 0 Å². The zero-order chi connectivity index (χ0) is 15.5. The monoisotopic (exact) mass is 315 g/mol. The van der Waals surface area contributed by atoms with Crippen LogP contribution in [-0.2, 0) is 4.79 Å². The number of benzene rings is 1. The molecule has 0 spiro atoms. The highest BCUT2D eigenvalue weighted by Crippen LogP contribution is 2.45. The van der Waals surface area contributed by atoms with Gasteiger partial charge in [0.05, 0.1) is 12.0 Å². The SMILES string of the molecule is C=C/C=C/[C@@H]1C(=O)N(C2CCCCC2)[C@@H]1c1ccc(Cl)cc1. The Bertz CT molecular complexity index is 572. The summed E-state index contributed by atoms with van der Waals surface area (Å²) in [5, 5.41) is 0.733. The molecule has 0 unspecified atom stereocenters. The number of hydrogen-bond donors (Lipinski definition) is 0. The fourth-order valence-corrected chi connectivity index (χ4v) is 3.84. The van der Waals surface area contributed by atoms with Crippen molar-refractivity contribution in [1.82, 2.24) is 4.90 Å². The first kappa shape index (κ1) is 15.4. The third-order valence-corrected chi connectivity index (χ3v) is 5.07. The average Bonchev–Trinajstić information content (AvgIpc) is 2.55. The molecule has 1 aromatic rings. The van der Waals surface area contributed by atoms with Crippen LogP contribution < -0.4 is 0 Å². The number of carbonyl (C=O) groups excluding carboxylic acids is 1. The molecule has 0 radical (unpaired) electrons. The molecular weight excluding hydrogens is 294 g/mol. The molecule has 2 atom stereocenters. The maximum absolute atomic E-state index is 12.6. The fourth-order valence-electron chi connectivity index (χ4n) is 3.72. The van der Waals surface area contributed by atoms with Crippen LogP contribution in [0.5, 0.6) is 0 Å². The van der Waals surface area contributed by atoms with E-state index in [0.717, 1.165) is 17.9 Å². The number of amides is 1. The molecule has 2 aliphatic rings. The van der Waals surface area contributed by atoms with Gasteiger partial charge in [-0.2, -0.15) is 0 Å². The van der Waals surface area contributed by atoms with E-state index in [9.17, 15) is 4.79 Å². The summed E-state index contributed by atoms with van der Waals surface area (Å²) in [6.45, 7) is 3.71. The Kier molecular flexibility index (Phi) is 4.68. The van der Waals surface area contributed by atoms with Crippen molar-refractivity contribution in [3.05, 3.63) is 59.7 Å². The largest absolute Gasteiger partial charge is 0.331 e. The highest BCUT2D eigenvalue weighted by molar-refractivity contribution is 6.30. The molecule has 1 aromatic carbocycles. The van der Waals surface area contributed by atoms with E-state index in [4.69, 9.17) is 11.6 Å². The predicted molar refractivity (Wildman–Crippen MR) is 90.7 cm³/mol. The molecular formula is C19H22ClNO. The predicted octanol–water partition coefficient (Wildman–Crippen LogP) is 4.91. The molecule has 1 saturated carbocycles. The van der Waals surface area contributed by atoms with Gasteiger partial charge < -0.3 is 4.90 Å². The highest BCUT2D eigenvalue weighted by atomic mass is 35.5. The van der Waals surface area contributed by atoms with Gasteiger partial charge in [-0.1, -0.05) is 67.8 Å². The maximum atomic E-state index is 12.6. The van der Waals surface area contributed by atoms with Gasteiger partial charge in [-0.3, -0.25) is 4.79 Å². The van der Waals surface area contributed by atoms with Gasteiger partial charge in [-0.05, 0) is 30.5 Å². The number of β-lactam (4-membered cyclic amide) rings is 1. The summed E-state index contributed by atoms with van der Waals surface area (Å²) in [6.07, 6.45) is 11.6. The number of hydrogen-bond acceptors (Lipinski definition) is 1. The lowest BCUT2D eigenvalue weighted by Gasteiger charge is -2.51. The van der Waals surface area contributed by atoms with Crippen molar-refractivity contribution >= 4 is 17.5 Å². The zero-order valence-corrected chi connectivity index (χ0v) is 13.5. The normalized spacial score (nSPS) is 26.2. The van der Waals surface area contributed by atoms with Crippen LogP contribution in [0.4, 0.5) is 0 Å². The fraction of sp³-hybridized carbons (Fsp3) is 0.421. The van der Waals surface area contributed by atoms with E-state index in [1.165, 1.54) is 24.8 Å². The van der Waals surface area contributed by atoms with Crippen molar-refractivity contribution in [3.8, 4) is 0 Å². The summed E-state index contributed by atoms with van der Waals surface area (Å²) in [7, 11) is 0. The Balaban J connectivity index is 1.87. The Labute approximate surface area is 137 Å². The lowest BCUT2D eigenvalue weighted by molar-refractivity contribution is -0.159. The molecule has 1 heterocycles. The molecule has 3 rings (SSSR count). The van der Waals surface area contributed by atoms with E-state index in [1.54, 1.807) is 6.08 Å². The number of allylic oxidation sites excluding steroid dienone is 2. The summed E-state index contributed by atoms with van der Waals surface area (Å²) >= 11 is 6.00. The number of carbonyl (C=O) groups is 1. The van der Waals surface area contributed by atoms with Crippen LogP contribution in [0.2, 0.25) is 5.02 Å². The second kappa shape index (κ2) is 6.70. The van der Waals surface area contributed by atoms with Gasteiger partial charge in [0.25, 0.3) is 0 Å². The first-order valence-corrected chi connectivity index (χ1v) is 8.47. The van der Waals surface area contributed by atoms with Gasteiger partial charge in [0.1, 0.15) is 0 Å². The smallest absolute Gasteiger partial charge is 0.232 e. The molecule has 1 aliphatic heterocycles. The maximum Gasteiger partial charge on any atom is 0.232 e. The molecule has 0 bridgehead atoms. The third kappa shape index (κ3) is 2.85. The number of likely N-dealkylation sites (tertiary alicyclic amines) is 1. The first-order valence-electron chi connectivity index (χ1n) is 8.09. The van der Waals surface area contributed by atoms with Gasteiger partial charge in [0.2, 0.25) is 5.91 Å². The molecule has 22 heavy (non-hydrogen) atoms. The second-order valence-electron chi connectivity index (χ2n) is 6.18. The molecule has 0 aromatic heterocycles. The van der Waals surface area contributed by atoms with Crippen LogP contribution in [0.15, 0.2) is 49.1 Å². The van der Waals surface area contributed by atoms with E-state index >= 15 is 0 Å². The summed E-state index contributed by atoms with van der Waals surface area (Å²) < 4.78 is 0. The molecule has 1 saturated heterocycles.